The molecule has 0 saturated heterocycles. The Morgan fingerprint density at radius 1 is 1.50 bits per heavy atom. The van der Waals surface area contributed by atoms with E-state index in [4.69, 9.17) is 0 Å². The first-order chi connectivity index (χ1) is 8.66. The van der Waals surface area contributed by atoms with E-state index in [0.29, 0.717) is 0 Å². The lowest BCUT2D eigenvalue weighted by Gasteiger charge is -2.17. The molecule has 96 valence electrons. The molecule has 2 heterocycles. The number of hydrogen-bond acceptors (Lipinski definition) is 3. The van der Waals surface area contributed by atoms with Crippen LogP contribution in [0.25, 0.3) is 0 Å². The van der Waals surface area contributed by atoms with Crippen LogP contribution in [0.15, 0.2) is 36.0 Å². The van der Waals surface area contributed by atoms with Crippen LogP contribution in [0.4, 0.5) is 0 Å². The fourth-order valence-corrected chi connectivity index (χ4v) is 2.61. The van der Waals surface area contributed by atoms with E-state index in [0.717, 1.165) is 6.42 Å². The van der Waals surface area contributed by atoms with Crippen molar-refractivity contribution in [1.82, 2.24) is 15.1 Å². The van der Waals surface area contributed by atoms with Crippen LogP contribution in [0.3, 0.4) is 0 Å². The number of thiophene rings is 1. The second kappa shape index (κ2) is 5.82. The number of carbonyl (C=O) groups is 1. The maximum Gasteiger partial charge on any atom is 0.244 e. The molecule has 0 fully saturated rings. The Labute approximate surface area is 111 Å². The second-order valence-electron chi connectivity index (χ2n) is 4.36. The summed E-state index contributed by atoms with van der Waals surface area (Å²) in [5.41, 5.74) is 0. The van der Waals surface area contributed by atoms with Crippen LogP contribution in [0.2, 0.25) is 0 Å². The van der Waals surface area contributed by atoms with Gasteiger partial charge in [0.05, 0.1) is 0 Å². The van der Waals surface area contributed by atoms with Gasteiger partial charge in [0.15, 0.2) is 0 Å². The molecule has 0 aliphatic rings. The van der Waals surface area contributed by atoms with Gasteiger partial charge in [-0.05, 0) is 31.4 Å². The summed E-state index contributed by atoms with van der Waals surface area (Å²) in [5, 5.41) is 9.14. The molecule has 1 amide bonds. The Morgan fingerprint density at radius 2 is 2.33 bits per heavy atom. The van der Waals surface area contributed by atoms with Crippen molar-refractivity contribution in [3.63, 3.8) is 0 Å². The fraction of sp³-hybridized carbons (Fsp3) is 0.385. The van der Waals surface area contributed by atoms with E-state index < -0.39 is 0 Å². The highest BCUT2D eigenvalue weighted by atomic mass is 32.1. The van der Waals surface area contributed by atoms with Gasteiger partial charge in [0, 0.05) is 29.7 Å². The number of nitrogens with one attached hydrogen (secondary N) is 1. The SMILES string of the molecule is C[C@H](Cc1cccs1)NC(=O)[C@H](C)n1cccn1. The summed E-state index contributed by atoms with van der Waals surface area (Å²) in [6.45, 7) is 3.87. The molecule has 2 atom stereocenters. The molecule has 1 N–H and O–H groups in total. The standard InChI is InChI=1S/C13H17N3OS/c1-10(9-12-5-3-8-18-12)15-13(17)11(2)16-7-4-6-14-16/h3-8,10-11H,9H2,1-2H3,(H,15,17)/t10-,11+/m1/s1. The lowest BCUT2D eigenvalue weighted by Crippen LogP contribution is -2.38. The van der Waals surface area contributed by atoms with E-state index in [1.54, 1.807) is 28.4 Å². The van der Waals surface area contributed by atoms with Gasteiger partial charge in [0.1, 0.15) is 6.04 Å². The van der Waals surface area contributed by atoms with E-state index in [9.17, 15) is 4.79 Å². The Hall–Kier alpha value is -1.62. The Kier molecular flexibility index (Phi) is 4.15. The molecule has 0 bridgehead atoms. The fourth-order valence-electron chi connectivity index (χ4n) is 1.77. The highest BCUT2D eigenvalue weighted by Crippen LogP contribution is 2.11. The number of carbonyl (C=O) groups excluding carboxylic acids is 1. The van der Waals surface area contributed by atoms with E-state index in [2.05, 4.69) is 21.9 Å². The number of nitrogens with zero attached hydrogens (tertiary/aromatic N) is 2. The summed E-state index contributed by atoms with van der Waals surface area (Å²) >= 11 is 1.72. The molecule has 0 aliphatic heterocycles. The molecule has 0 unspecified atom stereocenters. The third kappa shape index (κ3) is 3.20. The Bertz CT molecular complexity index is 478. The maximum absolute atomic E-state index is 12.0. The summed E-state index contributed by atoms with van der Waals surface area (Å²) in [4.78, 5) is 13.3. The lowest BCUT2D eigenvalue weighted by molar-refractivity contribution is -0.124. The van der Waals surface area contributed by atoms with Crippen molar-refractivity contribution in [2.24, 2.45) is 0 Å². The van der Waals surface area contributed by atoms with Crippen LogP contribution in [0.5, 0.6) is 0 Å². The average Bonchev–Trinajstić information content (AvgIpc) is 2.99. The normalized spacial score (nSPS) is 14.1. The molecular formula is C13H17N3OS. The second-order valence-corrected chi connectivity index (χ2v) is 5.39. The Morgan fingerprint density at radius 3 is 2.94 bits per heavy atom. The minimum absolute atomic E-state index is 0.00255. The zero-order chi connectivity index (χ0) is 13.0. The van der Waals surface area contributed by atoms with Crippen molar-refractivity contribution in [3.8, 4) is 0 Å². The highest BCUT2D eigenvalue weighted by Gasteiger charge is 2.17. The van der Waals surface area contributed by atoms with Crippen molar-refractivity contribution < 1.29 is 4.79 Å². The summed E-state index contributed by atoms with van der Waals surface area (Å²) < 4.78 is 1.66. The van der Waals surface area contributed by atoms with E-state index in [-0.39, 0.29) is 18.0 Å². The van der Waals surface area contributed by atoms with E-state index in [1.165, 1.54) is 4.88 Å². The minimum atomic E-state index is -0.272. The predicted molar refractivity (Wildman–Crippen MR) is 72.6 cm³/mol. The molecule has 0 aliphatic carbocycles. The smallest absolute Gasteiger partial charge is 0.244 e. The third-order valence-corrected chi connectivity index (χ3v) is 3.68. The number of hydrogen-bond donors (Lipinski definition) is 1. The first-order valence-electron chi connectivity index (χ1n) is 5.98. The quantitative estimate of drug-likeness (QED) is 0.899. The molecule has 4 nitrogen and oxygen atoms in total. The summed E-state index contributed by atoms with van der Waals surface area (Å²) in [6.07, 6.45) is 4.35. The van der Waals surface area contributed by atoms with Crippen LogP contribution >= 0.6 is 11.3 Å². The van der Waals surface area contributed by atoms with Crippen molar-refractivity contribution in [1.29, 1.82) is 0 Å². The van der Waals surface area contributed by atoms with E-state index >= 15 is 0 Å². The number of rotatable bonds is 5. The molecule has 2 rings (SSSR count). The van der Waals surface area contributed by atoms with Crippen LogP contribution in [0.1, 0.15) is 24.8 Å². The zero-order valence-corrected chi connectivity index (χ0v) is 11.4. The molecule has 0 aromatic carbocycles. The predicted octanol–water partition coefficient (Wildman–Crippen LogP) is 2.25. The van der Waals surface area contributed by atoms with Gasteiger partial charge in [-0.1, -0.05) is 6.07 Å². The molecule has 2 aromatic rings. The number of aromatic nitrogens is 2. The van der Waals surface area contributed by atoms with Gasteiger partial charge in [-0.2, -0.15) is 5.10 Å². The Balaban J connectivity index is 1.87. The average molecular weight is 263 g/mol. The molecule has 0 radical (unpaired) electrons. The van der Waals surface area contributed by atoms with Crippen molar-refractivity contribution >= 4 is 17.2 Å². The molecule has 0 saturated carbocycles. The van der Waals surface area contributed by atoms with Gasteiger partial charge in [0.25, 0.3) is 0 Å². The van der Waals surface area contributed by atoms with Gasteiger partial charge in [-0.15, -0.1) is 11.3 Å². The monoisotopic (exact) mass is 263 g/mol. The lowest BCUT2D eigenvalue weighted by atomic mass is 10.2. The number of amides is 1. The highest BCUT2D eigenvalue weighted by molar-refractivity contribution is 7.09. The summed E-state index contributed by atoms with van der Waals surface area (Å²) in [6, 6.07) is 5.80. The molecule has 5 heteroatoms. The van der Waals surface area contributed by atoms with Crippen molar-refractivity contribution in [2.45, 2.75) is 32.4 Å². The van der Waals surface area contributed by atoms with E-state index in [1.807, 2.05) is 26.0 Å². The molecular weight excluding hydrogens is 246 g/mol. The third-order valence-electron chi connectivity index (χ3n) is 2.78. The summed E-state index contributed by atoms with van der Waals surface area (Å²) in [7, 11) is 0. The first-order valence-corrected chi connectivity index (χ1v) is 6.86. The van der Waals surface area contributed by atoms with Crippen molar-refractivity contribution in [2.75, 3.05) is 0 Å². The van der Waals surface area contributed by atoms with Crippen LogP contribution in [-0.4, -0.2) is 21.7 Å². The van der Waals surface area contributed by atoms with Crippen LogP contribution < -0.4 is 5.32 Å². The molecule has 18 heavy (non-hydrogen) atoms. The minimum Gasteiger partial charge on any atom is -0.351 e. The van der Waals surface area contributed by atoms with Crippen LogP contribution in [0, 0.1) is 0 Å². The maximum atomic E-state index is 12.0. The van der Waals surface area contributed by atoms with Gasteiger partial charge in [-0.25, -0.2) is 0 Å². The topological polar surface area (TPSA) is 46.9 Å². The van der Waals surface area contributed by atoms with Gasteiger partial charge >= 0.3 is 0 Å². The zero-order valence-electron chi connectivity index (χ0n) is 10.5. The van der Waals surface area contributed by atoms with Gasteiger partial charge in [0.2, 0.25) is 5.91 Å². The molecule has 0 spiro atoms. The van der Waals surface area contributed by atoms with Gasteiger partial charge in [-0.3, -0.25) is 9.48 Å². The molecule has 2 aromatic heterocycles. The van der Waals surface area contributed by atoms with Gasteiger partial charge < -0.3 is 5.32 Å². The first kappa shape index (κ1) is 12.8. The summed E-state index contributed by atoms with van der Waals surface area (Å²) in [5.74, 6) is 0.00255. The largest absolute Gasteiger partial charge is 0.351 e. The van der Waals surface area contributed by atoms with Crippen LogP contribution in [-0.2, 0) is 11.2 Å². The van der Waals surface area contributed by atoms with Crippen molar-refractivity contribution in [3.05, 3.63) is 40.8 Å².